The minimum Gasteiger partial charge on any atom is -0.446 e. The van der Waals surface area contributed by atoms with Crippen molar-refractivity contribution in [3.05, 3.63) is 64.2 Å². The number of fused-ring (bicyclic) bond motifs is 1. The van der Waals surface area contributed by atoms with E-state index in [1.807, 2.05) is 58.9 Å². The number of nitrogens with two attached hydrogens (primary N) is 1. The molecular formula is C22H30BN3O3. The van der Waals surface area contributed by atoms with Gasteiger partial charge in [-0.2, -0.15) is 0 Å². The van der Waals surface area contributed by atoms with Crippen molar-refractivity contribution in [3.8, 4) is 0 Å². The third-order valence-electron chi connectivity index (χ3n) is 4.74. The predicted molar refractivity (Wildman–Crippen MR) is 117 cm³/mol. The van der Waals surface area contributed by atoms with Crippen molar-refractivity contribution in [2.24, 2.45) is 5.73 Å². The van der Waals surface area contributed by atoms with E-state index >= 15 is 0 Å². The number of rotatable bonds is 2. The van der Waals surface area contributed by atoms with Gasteiger partial charge in [0.05, 0.1) is 5.54 Å². The number of amides is 2. The molecule has 0 atom stereocenters. The molecule has 7 heteroatoms. The summed E-state index contributed by atoms with van der Waals surface area (Å²) in [4.78, 5) is 25.9. The molecule has 1 aliphatic heterocycles. The Kier molecular flexibility index (Phi) is 6.87. The molecule has 2 aromatic rings. The van der Waals surface area contributed by atoms with Crippen LogP contribution in [0.3, 0.4) is 0 Å². The van der Waals surface area contributed by atoms with Gasteiger partial charge in [0, 0.05) is 11.1 Å². The predicted octanol–water partition coefficient (Wildman–Crippen LogP) is 1.75. The molecule has 1 aliphatic rings. The number of benzene rings is 2. The molecule has 6 nitrogen and oxygen atoms in total. The van der Waals surface area contributed by atoms with E-state index in [0.29, 0.717) is 17.4 Å². The Morgan fingerprint density at radius 2 is 1.62 bits per heavy atom. The topological polar surface area (TPSA) is 95.7 Å². The molecule has 2 amide bonds. The molecule has 0 bridgehead atoms. The van der Waals surface area contributed by atoms with Crippen molar-refractivity contribution in [3.63, 3.8) is 0 Å². The molecule has 0 fully saturated rings. The zero-order valence-electron chi connectivity index (χ0n) is 18.0. The summed E-state index contributed by atoms with van der Waals surface area (Å²) >= 11 is 0. The van der Waals surface area contributed by atoms with Crippen molar-refractivity contribution in [2.75, 3.05) is 7.05 Å². The van der Waals surface area contributed by atoms with Gasteiger partial charge < -0.3 is 10.8 Å². The van der Waals surface area contributed by atoms with Gasteiger partial charge in [-0.25, -0.2) is 5.01 Å². The Morgan fingerprint density at radius 3 is 2.14 bits per heavy atom. The third kappa shape index (κ3) is 5.05. The molecule has 3 rings (SSSR count). The lowest BCUT2D eigenvalue weighted by Crippen LogP contribution is -2.56. The second-order valence-corrected chi connectivity index (χ2v) is 8.26. The number of hydrogen-bond donors (Lipinski definition) is 3. The van der Waals surface area contributed by atoms with E-state index in [1.54, 1.807) is 12.1 Å². The lowest BCUT2D eigenvalue weighted by Gasteiger charge is -2.35. The molecule has 0 aliphatic carbocycles. The third-order valence-corrected chi connectivity index (χ3v) is 4.74. The number of hydrogen-bond acceptors (Lipinski definition) is 4. The standard InChI is InChI=1S/C21H25BN2O3.CH5N/c1-13-8-14(2)10-17(9-13)20(26)24(21(3,4)5)23-19(25)15-6-7-16-12-22(27)18(16)11-15;1-2/h6-11,27H,12H2,1-5H3,(H,23,25);2H2,1H3. The lowest BCUT2D eigenvalue weighted by atomic mass is 9.46. The molecular weight excluding hydrogens is 365 g/mol. The number of carbonyl (C=O) groups excluding carboxylic acids is 2. The van der Waals surface area contributed by atoms with Gasteiger partial charge in [0.2, 0.25) is 0 Å². The summed E-state index contributed by atoms with van der Waals surface area (Å²) < 4.78 is 0. The summed E-state index contributed by atoms with van der Waals surface area (Å²) in [5.41, 5.74) is 11.4. The number of carbonyl (C=O) groups is 2. The number of aryl methyl sites for hydroxylation is 2. The SMILES string of the molecule is CN.Cc1cc(C)cc(C(=O)N(NC(=O)c2ccc3c(c2)B(O)C3)C(C)(C)C)c1. The summed E-state index contributed by atoms with van der Waals surface area (Å²) in [5.74, 6) is -0.629. The van der Waals surface area contributed by atoms with E-state index in [0.717, 1.165) is 22.2 Å². The average Bonchev–Trinajstić information content (AvgIpc) is 2.64. The van der Waals surface area contributed by atoms with Gasteiger partial charge in [-0.15, -0.1) is 0 Å². The van der Waals surface area contributed by atoms with Crippen LogP contribution in [0, 0.1) is 13.8 Å². The fourth-order valence-corrected chi connectivity index (χ4v) is 3.34. The summed E-state index contributed by atoms with van der Waals surface area (Å²) in [6.45, 7) is 8.98. The highest BCUT2D eigenvalue weighted by atomic mass is 16.2. The smallest absolute Gasteiger partial charge is 0.328 e. The van der Waals surface area contributed by atoms with Gasteiger partial charge in [0.1, 0.15) is 0 Å². The highest BCUT2D eigenvalue weighted by Gasteiger charge is 2.32. The van der Waals surface area contributed by atoms with Gasteiger partial charge in [0.15, 0.2) is 0 Å². The van der Waals surface area contributed by atoms with Crippen molar-refractivity contribution in [1.82, 2.24) is 10.4 Å². The van der Waals surface area contributed by atoms with Crippen molar-refractivity contribution in [1.29, 1.82) is 0 Å². The number of nitrogens with zero attached hydrogens (tertiary/aromatic N) is 1. The number of hydrazine groups is 1. The maximum atomic E-state index is 13.1. The minimum absolute atomic E-state index is 0.258. The number of nitrogens with one attached hydrogen (secondary N) is 1. The lowest BCUT2D eigenvalue weighted by molar-refractivity contribution is 0.0358. The van der Waals surface area contributed by atoms with E-state index in [-0.39, 0.29) is 11.8 Å². The largest absolute Gasteiger partial charge is 0.446 e. The molecule has 1 heterocycles. The first-order chi connectivity index (χ1) is 13.6. The van der Waals surface area contributed by atoms with Crippen LogP contribution in [0.1, 0.15) is 58.2 Å². The molecule has 2 aromatic carbocycles. The van der Waals surface area contributed by atoms with E-state index in [4.69, 9.17) is 0 Å². The Labute approximate surface area is 173 Å². The van der Waals surface area contributed by atoms with Crippen LogP contribution < -0.4 is 16.6 Å². The monoisotopic (exact) mass is 395 g/mol. The quantitative estimate of drug-likeness (QED) is 0.533. The molecule has 154 valence electrons. The molecule has 29 heavy (non-hydrogen) atoms. The van der Waals surface area contributed by atoms with Crippen LogP contribution in [0.15, 0.2) is 36.4 Å². The second-order valence-electron chi connectivity index (χ2n) is 8.26. The maximum absolute atomic E-state index is 13.1. The van der Waals surface area contributed by atoms with Crippen LogP contribution in [0.4, 0.5) is 0 Å². The summed E-state index contributed by atoms with van der Waals surface area (Å²) in [6.07, 6.45) is 0.622. The molecule has 0 saturated carbocycles. The normalized spacial score (nSPS) is 12.2. The van der Waals surface area contributed by atoms with E-state index in [9.17, 15) is 14.6 Å². The van der Waals surface area contributed by atoms with Gasteiger partial charge in [-0.1, -0.05) is 34.9 Å². The van der Waals surface area contributed by atoms with Crippen molar-refractivity contribution < 1.29 is 14.6 Å². The second kappa shape index (κ2) is 8.80. The van der Waals surface area contributed by atoms with Crippen LogP contribution in [-0.2, 0) is 6.32 Å². The first-order valence-electron chi connectivity index (χ1n) is 9.69. The van der Waals surface area contributed by atoms with Crippen molar-refractivity contribution >= 4 is 24.2 Å². The first-order valence-corrected chi connectivity index (χ1v) is 9.69. The fourth-order valence-electron chi connectivity index (χ4n) is 3.34. The van der Waals surface area contributed by atoms with Gasteiger partial charge in [-0.3, -0.25) is 15.0 Å². The van der Waals surface area contributed by atoms with E-state index < -0.39 is 12.5 Å². The van der Waals surface area contributed by atoms with Crippen LogP contribution in [0.25, 0.3) is 0 Å². The maximum Gasteiger partial charge on any atom is 0.328 e. The molecule has 0 aromatic heterocycles. The molecule has 0 radical (unpaired) electrons. The first kappa shape index (κ1) is 22.7. The Bertz CT molecular complexity index is 902. The molecule has 4 N–H and O–H groups in total. The molecule has 0 saturated heterocycles. The zero-order valence-corrected chi connectivity index (χ0v) is 18.0. The Balaban J connectivity index is 0.00000145. The van der Waals surface area contributed by atoms with Crippen LogP contribution >= 0.6 is 0 Å². The average molecular weight is 395 g/mol. The van der Waals surface area contributed by atoms with E-state index in [1.165, 1.54) is 12.1 Å². The van der Waals surface area contributed by atoms with Gasteiger partial charge >= 0.3 is 6.92 Å². The minimum atomic E-state index is -0.607. The molecule has 0 spiro atoms. The Hall–Kier alpha value is -2.64. The van der Waals surface area contributed by atoms with Gasteiger partial charge in [0.25, 0.3) is 11.8 Å². The van der Waals surface area contributed by atoms with Crippen molar-refractivity contribution in [2.45, 2.75) is 46.5 Å². The van der Waals surface area contributed by atoms with E-state index in [2.05, 4.69) is 11.2 Å². The fraction of sp³-hybridized carbons (Fsp3) is 0.364. The van der Waals surface area contributed by atoms with Crippen LogP contribution in [0.5, 0.6) is 0 Å². The highest BCUT2D eigenvalue weighted by molar-refractivity contribution is 6.71. The van der Waals surface area contributed by atoms with Crippen LogP contribution in [-0.4, -0.2) is 41.3 Å². The summed E-state index contributed by atoms with van der Waals surface area (Å²) in [6, 6.07) is 10.9. The zero-order chi connectivity index (χ0) is 21.9. The Morgan fingerprint density at radius 1 is 1.03 bits per heavy atom. The van der Waals surface area contributed by atoms with Crippen LogP contribution in [0.2, 0.25) is 0 Å². The molecule has 0 unspecified atom stereocenters. The van der Waals surface area contributed by atoms with Gasteiger partial charge in [-0.05, 0) is 71.6 Å². The summed E-state index contributed by atoms with van der Waals surface area (Å²) in [5, 5.41) is 11.2. The summed E-state index contributed by atoms with van der Waals surface area (Å²) in [7, 11) is 1.50. The highest BCUT2D eigenvalue weighted by Crippen LogP contribution is 2.19.